The number of ether oxygens (including phenoxy) is 1. The van der Waals surface area contributed by atoms with Crippen LogP contribution in [0.1, 0.15) is 17.5 Å². The van der Waals surface area contributed by atoms with E-state index in [-0.39, 0.29) is 5.91 Å². The first-order chi connectivity index (χ1) is 12.1. The number of piperazine rings is 1. The van der Waals surface area contributed by atoms with Crippen molar-refractivity contribution in [3.63, 3.8) is 0 Å². The van der Waals surface area contributed by atoms with Crippen LogP contribution in [0.15, 0.2) is 42.6 Å². The third kappa shape index (κ3) is 4.50. The molecule has 1 aromatic carbocycles. The standard InChI is InChI=1S/C20H25N3O2/c1-16-6-7-18(17(2)15-16)25-14-8-20(24)23-12-10-22(11-13-23)19-5-3-4-9-21-19/h3-7,9,15H,8,10-14H2,1-2H3. The molecule has 1 aromatic heterocycles. The number of aryl methyl sites for hydroxylation is 2. The van der Waals surface area contributed by atoms with E-state index >= 15 is 0 Å². The number of hydrogen-bond acceptors (Lipinski definition) is 4. The highest BCUT2D eigenvalue weighted by atomic mass is 16.5. The van der Waals surface area contributed by atoms with Crippen molar-refractivity contribution in [2.75, 3.05) is 37.7 Å². The van der Waals surface area contributed by atoms with Gasteiger partial charge in [0.2, 0.25) is 5.91 Å². The highest BCUT2D eigenvalue weighted by Gasteiger charge is 2.21. The largest absolute Gasteiger partial charge is 0.493 e. The van der Waals surface area contributed by atoms with Crippen LogP contribution in [0, 0.1) is 13.8 Å². The van der Waals surface area contributed by atoms with Crippen LogP contribution in [0.5, 0.6) is 5.75 Å². The SMILES string of the molecule is Cc1ccc(OCCC(=O)N2CCN(c3ccccn3)CC2)c(C)c1. The first-order valence-electron chi connectivity index (χ1n) is 8.77. The zero-order valence-corrected chi connectivity index (χ0v) is 14.9. The molecule has 0 aliphatic carbocycles. The van der Waals surface area contributed by atoms with E-state index < -0.39 is 0 Å². The Morgan fingerprint density at radius 3 is 2.60 bits per heavy atom. The minimum Gasteiger partial charge on any atom is -0.493 e. The van der Waals surface area contributed by atoms with Gasteiger partial charge in [0.15, 0.2) is 0 Å². The maximum Gasteiger partial charge on any atom is 0.226 e. The number of rotatable bonds is 5. The number of amides is 1. The number of nitrogens with zero attached hydrogens (tertiary/aromatic N) is 3. The summed E-state index contributed by atoms with van der Waals surface area (Å²) in [5, 5.41) is 0. The number of pyridine rings is 1. The van der Waals surface area contributed by atoms with Crippen LogP contribution < -0.4 is 9.64 Å². The molecule has 132 valence electrons. The van der Waals surface area contributed by atoms with Crippen molar-refractivity contribution in [1.29, 1.82) is 0 Å². The van der Waals surface area contributed by atoms with E-state index in [1.165, 1.54) is 5.56 Å². The van der Waals surface area contributed by atoms with Gasteiger partial charge in [-0.25, -0.2) is 4.98 Å². The first-order valence-corrected chi connectivity index (χ1v) is 8.77. The molecule has 1 aliphatic heterocycles. The molecular formula is C20H25N3O2. The van der Waals surface area contributed by atoms with Crippen LogP contribution in [0.3, 0.4) is 0 Å². The van der Waals surface area contributed by atoms with E-state index in [2.05, 4.69) is 22.9 Å². The van der Waals surface area contributed by atoms with Gasteiger partial charge in [-0.2, -0.15) is 0 Å². The zero-order chi connectivity index (χ0) is 17.6. The topological polar surface area (TPSA) is 45.7 Å². The van der Waals surface area contributed by atoms with Gasteiger partial charge in [-0.15, -0.1) is 0 Å². The van der Waals surface area contributed by atoms with Gasteiger partial charge in [-0.1, -0.05) is 23.8 Å². The van der Waals surface area contributed by atoms with Crippen LogP contribution in [0.2, 0.25) is 0 Å². The molecule has 0 bridgehead atoms. The minimum absolute atomic E-state index is 0.158. The van der Waals surface area contributed by atoms with E-state index in [0.717, 1.165) is 43.3 Å². The summed E-state index contributed by atoms with van der Waals surface area (Å²) in [6, 6.07) is 12.0. The maximum atomic E-state index is 12.4. The Bertz CT molecular complexity index is 710. The lowest BCUT2D eigenvalue weighted by molar-refractivity contribution is -0.132. The Balaban J connectivity index is 1.43. The molecule has 5 heteroatoms. The van der Waals surface area contributed by atoms with Gasteiger partial charge in [0.25, 0.3) is 0 Å². The van der Waals surface area contributed by atoms with Crippen LogP contribution >= 0.6 is 0 Å². The molecule has 5 nitrogen and oxygen atoms in total. The summed E-state index contributed by atoms with van der Waals surface area (Å²) >= 11 is 0. The van der Waals surface area contributed by atoms with Crippen molar-refractivity contribution in [1.82, 2.24) is 9.88 Å². The molecule has 25 heavy (non-hydrogen) atoms. The molecule has 2 heterocycles. The molecule has 1 amide bonds. The molecule has 0 N–H and O–H groups in total. The summed E-state index contributed by atoms with van der Waals surface area (Å²) in [5.41, 5.74) is 2.32. The Hall–Kier alpha value is -2.56. The summed E-state index contributed by atoms with van der Waals surface area (Å²) in [7, 11) is 0. The van der Waals surface area contributed by atoms with Crippen molar-refractivity contribution in [3.8, 4) is 5.75 Å². The third-order valence-electron chi connectivity index (χ3n) is 4.51. The summed E-state index contributed by atoms with van der Waals surface area (Å²) in [5.74, 6) is 2.00. The lowest BCUT2D eigenvalue weighted by Crippen LogP contribution is -2.49. The van der Waals surface area contributed by atoms with Crippen molar-refractivity contribution < 1.29 is 9.53 Å². The van der Waals surface area contributed by atoms with Gasteiger partial charge >= 0.3 is 0 Å². The van der Waals surface area contributed by atoms with Crippen LogP contribution in [0.25, 0.3) is 0 Å². The highest BCUT2D eigenvalue weighted by molar-refractivity contribution is 5.76. The second-order valence-electron chi connectivity index (χ2n) is 6.42. The number of carbonyl (C=O) groups excluding carboxylic acids is 1. The van der Waals surface area contributed by atoms with E-state index in [4.69, 9.17) is 4.74 Å². The lowest BCUT2D eigenvalue weighted by atomic mass is 10.1. The summed E-state index contributed by atoms with van der Waals surface area (Å²) in [6.07, 6.45) is 2.22. The molecule has 0 spiro atoms. The zero-order valence-electron chi connectivity index (χ0n) is 14.9. The Kier molecular flexibility index (Phi) is 5.53. The molecule has 0 atom stereocenters. The van der Waals surface area contributed by atoms with Crippen LogP contribution in [-0.4, -0.2) is 48.6 Å². The van der Waals surface area contributed by atoms with Gasteiger partial charge < -0.3 is 14.5 Å². The van der Waals surface area contributed by atoms with Gasteiger partial charge in [0, 0.05) is 32.4 Å². The number of aromatic nitrogens is 1. The fraction of sp³-hybridized carbons (Fsp3) is 0.400. The van der Waals surface area contributed by atoms with Crippen molar-refractivity contribution in [2.45, 2.75) is 20.3 Å². The fourth-order valence-corrected chi connectivity index (χ4v) is 3.09. The van der Waals surface area contributed by atoms with Crippen LogP contribution in [-0.2, 0) is 4.79 Å². The molecular weight excluding hydrogens is 314 g/mol. The minimum atomic E-state index is 0.158. The number of carbonyl (C=O) groups is 1. The Morgan fingerprint density at radius 2 is 1.92 bits per heavy atom. The number of hydrogen-bond donors (Lipinski definition) is 0. The smallest absolute Gasteiger partial charge is 0.226 e. The van der Waals surface area contributed by atoms with Crippen molar-refractivity contribution in [3.05, 3.63) is 53.7 Å². The van der Waals surface area contributed by atoms with Crippen molar-refractivity contribution >= 4 is 11.7 Å². The average molecular weight is 339 g/mol. The molecule has 0 unspecified atom stereocenters. The number of benzene rings is 1. The average Bonchev–Trinajstić information content (AvgIpc) is 2.64. The highest BCUT2D eigenvalue weighted by Crippen LogP contribution is 2.19. The van der Waals surface area contributed by atoms with E-state index in [1.54, 1.807) is 6.20 Å². The molecule has 2 aromatic rings. The normalized spacial score (nSPS) is 14.5. The predicted molar refractivity (Wildman–Crippen MR) is 99.1 cm³/mol. The lowest BCUT2D eigenvalue weighted by Gasteiger charge is -2.35. The van der Waals surface area contributed by atoms with Crippen LogP contribution in [0.4, 0.5) is 5.82 Å². The first kappa shape index (κ1) is 17.3. The molecule has 0 radical (unpaired) electrons. The third-order valence-corrected chi connectivity index (χ3v) is 4.51. The fourth-order valence-electron chi connectivity index (χ4n) is 3.09. The second-order valence-corrected chi connectivity index (χ2v) is 6.42. The molecule has 1 saturated heterocycles. The number of anilines is 1. The molecule has 0 saturated carbocycles. The van der Waals surface area contributed by atoms with Gasteiger partial charge in [0.1, 0.15) is 11.6 Å². The monoisotopic (exact) mass is 339 g/mol. The van der Waals surface area contributed by atoms with Gasteiger partial charge in [0.05, 0.1) is 13.0 Å². The van der Waals surface area contributed by atoms with E-state index in [9.17, 15) is 4.79 Å². The van der Waals surface area contributed by atoms with E-state index in [1.807, 2.05) is 42.2 Å². The summed E-state index contributed by atoms with van der Waals surface area (Å²) < 4.78 is 5.78. The maximum absolute atomic E-state index is 12.4. The molecule has 3 rings (SSSR count). The summed E-state index contributed by atoms with van der Waals surface area (Å²) in [6.45, 7) is 7.62. The van der Waals surface area contributed by atoms with Gasteiger partial charge in [-0.05, 0) is 37.6 Å². The molecule has 1 aliphatic rings. The predicted octanol–water partition coefficient (Wildman–Crippen LogP) is 2.82. The molecule has 1 fully saturated rings. The van der Waals surface area contributed by atoms with E-state index in [0.29, 0.717) is 13.0 Å². The summed E-state index contributed by atoms with van der Waals surface area (Å²) in [4.78, 5) is 20.9. The van der Waals surface area contributed by atoms with Gasteiger partial charge in [-0.3, -0.25) is 4.79 Å². The quantitative estimate of drug-likeness (QED) is 0.840. The Morgan fingerprint density at radius 1 is 1.12 bits per heavy atom. The second kappa shape index (κ2) is 8.01. The van der Waals surface area contributed by atoms with Crippen molar-refractivity contribution in [2.24, 2.45) is 0 Å². The Labute approximate surface area is 149 Å².